The number of para-hydroxylation sites is 1. The number of aromatic nitrogens is 3. The number of aromatic amines is 1. The minimum absolute atomic E-state index is 0.446. The minimum atomic E-state index is 0.446. The van der Waals surface area contributed by atoms with Gasteiger partial charge in [0, 0.05) is 4.47 Å². The molecule has 3 aromatic carbocycles. The first kappa shape index (κ1) is 23.8. The number of hydrogen-bond acceptors (Lipinski definition) is 6. The third kappa shape index (κ3) is 5.26. The van der Waals surface area contributed by atoms with Crippen molar-refractivity contribution < 1.29 is 14.2 Å². The van der Waals surface area contributed by atoms with E-state index in [1.165, 1.54) is 5.56 Å². The van der Waals surface area contributed by atoms with Crippen LogP contribution >= 0.6 is 28.1 Å². The van der Waals surface area contributed by atoms with Crippen molar-refractivity contribution in [1.29, 1.82) is 0 Å². The fourth-order valence-corrected chi connectivity index (χ4v) is 4.11. The Morgan fingerprint density at radius 3 is 2.47 bits per heavy atom. The normalized spacial score (nSPS) is 10.7. The Balaban J connectivity index is 1.53. The van der Waals surface area contributed by atoms with Gasteiger partial charge in [-0.25, -0.2) is 9.77 Å². The van der Waals surface area contributed by atoms with Gasteiger partial charge in [-0.05, 0) is 54.5 Å². The number of nitrogens with one attached hydrogen (secondary N) is 2. The largest absolute Gasteiger partial charge is 0.496 e. The van der Waals surface area contributed by atoms with Crippen LogP contribution in [0.2, 0.25) is 0 Å². The Bertz CT molecular complexity index is 1330. The molecule has 7 nitrogen and oxygen atoms in total. The van der Waals surface area contributed by atoms with Crippen LogP contribution in [0.5, 0.6) is 17.2 Å². The maximum atomic E-state index is 6.04. The molecule has 4 rings (SSSR count). The molecule has 0 aliphatic heterocycles. The van der Waals surface area contributed by atoms with Crippen LogP contribution in [0.25, 0.3) is 11.4 Å². The first-order valence-corrected chi connectivity index (χ1v) is 11.8. The Morgan fingerprint density at radius 1 is 1.00 bits per heavy atom. The number of rotatable bonds is 9. The van der Waals surface area contributed by atoms with Crippen LogP contribution in [0.15, 0.2) is 65.1 Å². The van der Waals surface area contributed by atoms with Crippen molar-refractivity contribution in [1.82, 2.24) is 14.9 Å². The van der Waals surface area contributed by atoms with Crippen LogP contribution in [0, 0.1) is 11.7 Å². The number of nitrogens with zero attached hydrogens (tertiary/aromatic N) is 2. The van der Waals surface area contributed by atoms with Gasteiger partial charge in [0.25, 0.3) is 0 Å². The molecule has 0 saturated carbocycles. The van der Waals surface area contributed by atoms with Crippen molar-refractivity contribution in [3.05, 3.63) is 86.6 Å². The molecule has 0 amide bonds. The van der Waals surface area contributed by atoms with Crippen LogP contribution in [0.3, 0.4) is 0 Å². The van der Waals surface area contributed by atoms with Crippen LogP contribution in [-0.4, -0.2) is 29.1 Å². The lowest BCUT2D eigenvalue weighted by Crippen LogP contribution is -2.16. The number of halogens is 1. The standard InChI is InChI=1S/C25H25BrN4O3S/c1-16-8-10-17(11-9-16)15-33-23-13-20(26)18(12-22(23)32-3)14-27-30-24(28-29-25(30)34)19-6-4-5-7-21(19)31-2/h4-13,27H,14-15H2,1-3H3,(H,29,34). The first-order chi connectivity index (χ1) is 16.5. The number of hydrogen-bond donors (Lipinski definition) is 2. The van der Waals surface area contributed by atoms with Gasteiger partial charge in [0.05, 0.1) is 26.3 Å². The fraction of sp³-hybridized carbons (Fsp3) is 0.200. The molecule has 0 aliphatic rings. The summed E-state index contributed by atoms with van der Waals surface area (Å²) in [6.07, 6.45) is 0. The van der Waals surface area contributed by atoms with Gasteiger partial charge in [0.15, 0.2) is 17.3 Å². The average Bonchev–Trinajstić information content (AvgIpc) is 3.22. The zero-order valence-electron chi connectivity index (χ0n) is 19.1. The van der Waals surface area contributed by atoms with E-state index in [1.807, 2.05) is 36.4 Å². The molecular weight excluding hydrogens is 516 g/mol. The quantitative estimate of drug-likeness (QED) is 0.253. The van der Waals surface area contributed by atoms with Crippen molar-refractivity contribution in [3.63, 3.8) is 0 Å². The topological polar surface area (TPSA) is 73.3 Å². The SMILES string of the molecule is COc1cc(CNn2c(-c3ccccc3OC)n[nH]c2=S)c(Br)cc1OCc1ccc(C)cc1. The van der Waals surface area contributed by atoms with Crippen LogP contribution in [0.1, 0.15) is 16.7 Å². The summed E-state index contributed by atoms with van der Waals surface area (Å²) >= 11 is 9.11. The molecule has 2 N–H and O–H groups in total. The third-order valence-electron chi connectivity index (χ3n) is 5.30. The van der Waals surface area contributed by atoms with Gasteiger partial charge in [-0.3, -0.25) is 0 Å². The second kappa shape index (κ2) is 10.8. The molecule has 0 saturated heterocycles. The number of H-pyrrole nitrogens is 1. The molecule has 0 bridgehead atoms. The van der Waals surface area contributed by atoms with Crippen LogP contribution in [0.4, 0.5) is 0 Å². The molecule has 0 spiro atoms. The second-order valence-electron chi connectivity index (χ2n) is 7.59. The Kier molecular flexibility index (Phi) is 7.54. The fourth-order valence-electron chi connectivity index (χ4n) is 3.45. The van der Waals surface area contributed by atoms with E-state index < -0.39 is 0 Å². The molecule has 1 heterocycles. The molecule has 0 aliphatic carbocycles. The lowest BCUT2D eigenvalue weighted by molar-refractivity contribution is 0.284. The molecule has 9 heteroatoms. The van der Waals surface area contributed by atoms with E-state index in [4.69, 9.17) is 26.4 Å². The molecule has 0 radical (unpaired) electrons. The predicted molar refractivity (Wildman–Crippen MR) is 139 cm³/mol. The molecule has 0 unspecified atom stereocenters. The van der Waals surface area contributed by atoms with E-state index in [0.717, 1.165) is 21.2 Å². The Morgan fingerprint density at radius 2 is 1.74 bits per heavy atom. The van der Waals surface area contributed by atoms with Crippen molar-refractivity contribution in [3.8, 4) is 28.6 Å². The summed E-state index contributed by atoms with van der Waals surface area (Å²) in [6, 6.07) is 19.8. The monoisotopic (exact) mass is 540 g/mol. The summed E-state index contributed by atoms with van der Waals surface area (Å²) < 4.78 is 20.2. The number of methoxy groups -OCH3 is 2. The van der Waals surface area contributed by atoms with Gasteiger partial charge in [-0.1, -0.05) is 57.9 Å². The number of ether oxygens (including phenoxy) is 3. The lowest BCUT2D eigenvalue weighted by Gasteiger charge is -2.16. The van der Waals surface area contributed by atoms with Crippen LogP contribution in [-0.2, 0) is 13.2 Å². The third-order valence-corrected chi connectivity index (χ3v) is 6.31. The van der Waals surface area contributed by atoms with Gasteiger partial charge in [-0.15, -0.1) is 0 Å². The molecule has 176 valence electrons. The number of aryl methyl sites for hydroxylation is 1. The summed E-state index contributed by atoms with van der Waals surface area (Å²) in [5.41, 5.74) is 7.43. The Labute approximate surface area is 211 Å². The maximum Gasteiger partial charge on any atom is 0.214 e. The van der Waals surface area contributed by atoms with E-state index in [-0.39, 0.29) is 0 Å². The highest BCUT2D eigenvalue weighted by Gasteiger charge is 2.15. The molecule has 0 fully saturated rings. The van der Waals surface area contributed by atoms with Crippen molar-refractivity contribution in [2.24, 2.45) is 0 Å². The molecule has 0 atom stereocenters. The van der Waals surface area contributed by atoms with E-state index >= 15 is 0 Å². The molecule has 34 heavy (non-hydrogen) atoms. The summed E-state index contributed by atoms with van der Waals surface area (Å²) in [5, 5.41) is 7.23. The second-order valence-corrected chi connectivity index (χ2v) is 8.83. The van der Waals surface area contributed by atoms with Crippen molar-refractivity contribution in [2.75, 3.05) is 19.6 Å². The first-order valence-electron chi connectivity index (χ1n) is 10.6. The zero-order chi connectivity index (χ0) is 24.1. The van der Waals surface area contributed by atoms with Gasteiger partial charge in [0.2, 0.25) is 4.77 Å². The predicted octanol–water partition coefficient (Wildman–Crippen LogP) is 6.02. The summed E-state index contributed by atoms with van der Waals surface area (Å²) in [5.74, 6) is 2.64. The zero-order valence-corrected chi connectivity index (χ0v) is 21.5. The highest BCUT2D eigenvalue weighted by molar-refractivity contribution is 9.10. The molecular formula is C25H25BrN4O3S. The highest BCUT2D eigenvalue weighted by atomic mass is 79.9. The van der Waals surface area contributed by atoms with Crippen molar-refractivity contribution >= 4 is 28.1 Å². The molecule has 4 aromatic rings. The lowest BCUT2D eigenvalue weighted by atomic mass is 10.1. The van der Waals surface area contributed by atoms with E-state index in [0.29, 0.717) is 41.0 Å². The summed E-state index contributed by atoms with van der Waals surface area (Å²) in [6.45, 7) is 2.98. The minimum Gasteiger partial charge on any atom is -0.496 e. The highest BCUT2D eigenvalue weighted by Crippen LogP contribution is 2.34. The van der Waals surface area contributed by atoms with Gasteiger partial charge in [-0.2, -0.15) is 5.10 Å². The van der Waals surface area contributed by atoms with Gasteiger partial charge < -0.3 is 19.6 Å². The van der Waals surface area contributed by atoms with Crippen LogP contribution < -0.4 is 19.6 Å². The molecule has 1 aromatic heterocycles. The summed E-state index contributed by atoms with van der Waals surface area (Å²) in [7, 11) is 3.26. The average molecular weight is 541 g/mol. The van der Waals surface area contributed by atoms with Gasteiger partial charge >= 0.3 is 0 Å². The number of benzene rings is 3. The van der Waals surface area contributed by atoms with E-state index in [2.05, 4.69) is 62.7 Å². The summed E-state index contributed by atoms with van der Waals surface area (Å²) in [4.78, 5) is 0. The van der Waals surface area contributed by atoms with E-state index in [1.54, 1.807) is 18.9 Å². The smallest absolute Gasteiger partial charge is 0.214 e. The maximum absolute atomic E-state index is 6.04. The van der Waals surface area contributed by atoms with E-state index in [9.17, 15) is 0 Å². The van der Waals surface area contributed by atoms with Crippen molar-refractivity contribution in [2.45, 2.75) is 20.1 Å². The van der Waals surface area contributed by atoms with Gasteiger partial charge in [0.1, 0.15) is 12.4 Å². The Hall–Kier alpha value is -3.30.